The molecule has 1 aromatic carbocycles. The smallest absolute Gasteiger partial charge is 0.131 e. The number of benzene rings is 1. The van der Waals surface area contributed by atoms with Gasteiger partial charge in [0.05, 0.1) is 32.9 Å². The van der Waals surface area contributed by atoms with Crippen LogP contribution in [0.15, 0.2) is 12.1 Å². The molecule has 0 bridgehead atoms. The summed E-state index contributed by atoms with van der Waals surface area (Å²) in [6.45, 7) is 0.670. The van der Waals surface area contributed by atoms with Gasteiger partial charge in [0.1, 0.15) is 17.2 Å². The van der Waals surface area contributed by atoms with E-state index < -0.39 is 0 Å². The average Bonchev–Trinajstić information content (AvgIpc) is 2.46. The molecule has 0 aromatic heterocycles. The second-order valence-electron chi connectivity index (χ2n) is 4.62. The Balaban J connectivity index is 2.46. The molecule has 5 nitrogen and oxygen atoms in total. The topological polar surface area (TPSA) is 51.2 Å². The number of methoxy groups -OCH3 is 3. The van der Waals surface area contributed by atoms with Gasteiger partial charge in [-0.3, -0.25) is 0 Å². The van der Waals surface area contributed by atoms with Crippen LogP contribution >= 0.6 is 0 Å². The summed E-state index contributed by atoms with van der Waals surface area (Å²) in [7, 11) is 4.83. The van der Waals surface area contributed by atoms with E-state index >= 15 is 0 Å². The lowest BCUT2D eigenvalue weighted by Gasteiger charge is -2.32. The monoisotopic (exact) mass is 267 g/mol. The van der Waals surface area contributed by atoms with Crippen molar-refractivity contribution in [1.29, 1.82) is 0 Å². The summed E-state index contributed by atoms with van der Waals surface area (Å²) in [5.74, 6) is 2.04. The van der Waals surface area contributed by atoms with E-state index in [4.69, 9.17) is 14.2 Å². The molecule has 0 spiro atoms. The minimum Gasteiger partial charge on any atom is -0.496 e. The molecule has 1 heterocycles. The van der Waals surface area contributed by atoms with Gasteiger partial charge in [-0.05, 0) is 12.8 Å². The fourth-order valence-corrected chi connectivity index (χ4v) is 2.57. The first-order valence-electron chi connectivity index (χ1n) is 6.46. The third kappa shape index (κ3) is 2.77. The zero-order chi connectivity index (χ0) is 13.8. The molecule has 1 N–H and O–H groups in total. The predicted octanol–water partition coefficient (Wildman–Crippen LogP) is 2.63. The van der Waals surface area contributed by atoms with Gasteiger partial charge in [-0.15, -0.1) is 0 Å². The van der Waals surface area contributed by atoms with Crippen LogP contribution in [0.3, 0.4) is 0 Å². The van der Waals surface area contributed by atoms with Gasteiger partial charge in [-0.2, -0.15) is 5.06 Å². The number of hydrogen-bond donors (Lipinski definition) is 1. The van der Waals surface area contributed by atoms with E-state index in [1.165, 1.54) is 5.06 Å². The lowest BCUT2D eigenvalue weighted by Crippen LogP contribution is -2.30. The van der Waals surface area contributed by atoms with Gasteiger partial charge < -0.3 is 19.4 Å². The number of hydroxylamine groups is 2. The first kappa shape index (κ1) is 14.0. The zero-order valence-corrected chi connectivity index (χ0v) is 11.7. The van der Waals surface area contributed by atoms with Crippen molar-refractivity contribution in [2.24, 2.45) is 0 Å². The highest BCUT2D eigenvalue weighted by Gasteiger charge is 2.29. The SMILES string of the molecule is COc1cc(OC)c(C2CCCCN2O)c(OC)c1. The summed E-state index contributed by atoms with van der Waals surface area (Å²) >= 11 is 0. The minimum atomic E-state index is -0.0930. The molecule has 1 aliphatic rings. The fraction of sp³-hybridized carbons (Fsp3) is 0.571. The Morgan fingerprint density at radius 1 is 1.05 bits per heavy atom. The summed E-state index contributed by atoms with van der Waals surface area (Å²) in [5, 5.41) is 11.5. The van der Waals surface area contributed by atoms with Gasteiger partial charge in [0.15, 0.2) is 0 Å². The van der Waals surface area contributed by atoms with Crippen LogP contribution in [0.25, 0.3) is 0 Å². The van der Waals surface area contributed by atoms with Gasteiger partial charge in [-0.25, -0.2) is 0 Å². The summed E-state index contributed by atoms with van der Waals surface area (Å²) in [6.07, 6.45) is 2.98. The molecule has 0 aliphatic carbocycles. The van der Waals surface area contributed by atoms with E-state index in [9.17, 15) is 5.21 Å². The van der Waals surface area contributed by atoms with Crippen LogP contribution in [0.1, 0.15) is 30.9 Å². The van der Waals surface area contributed by atoms with E-state index in [0.717, 1.165) is 24.8 Å². The molecule has 1 unspecified atom stereocenters. The van der Waals surface area contributed by atoms with Crippen LogP contribution in [0, 0.1) is 0 Å². The Hall–Kier alpha value is -1.46. The van der Waals surface area contributed by atoms with E-state index in [1.807, 2.05) is 12.1 Å². The first-order valence-corrected chi connectivity index (χ1v) is 6.46. The normalized spacial score (nSPS) is 20.1. The number of ether oxygens (including phenoxy) is 3. The van der Waals surface area contributed by atoms with Crippen LogP contribution in [0.2, 0.25) is 0 Å². The number of rotatable bonds is 4. The molecule has 106 valence electrons. The quantitative estimate of drug-likeness (QED) is 0.908. The largest absolute Gasteiger partial charge is 0.496 e. The highest BCUT2D eigenvalue weighted by molar-refractivity contribution is 5.52. The Kier molecular flexibility index (Phi) is 4.50. The molecular weight excluding hydrogens is 246 g/mol. The predicted molar refractivity (Wildman–Crippen MR) is 71.2 cm³/mol. The molecule has 5 heteroatoms. The van der Waals surface area contributed by atoms with Crippen LogP contribution in [-0.2, 0) is 0 Å². The standard InChI is InChI=1S/C14H21NO4/c1-17-10-8-12(18-2)14(13(9-10)19-3)11-6-4-5-7-15(11)16/h8-9,11,16H,4-7H2,1-3H3. The number of hydrogen-bond acceptors (Lipinski definition) is 5. The summed E-state index contributed by atoms with van der Waals surface area (Å²) in [4.78, 5) is 0. The maximum absolute atomic E-state index is 10.1. The van der Waals surface area contributed by atoms with E-state index in [2.05, 4.69) is 0 Å². The van der Waals surface area contributed by atoms with Gasteiger partial charge in [0, 0.05) is 18.7 Å². The second-order valence-corrected chi connectivity index (χ2v) is 4.62. The van der Waals surface area contributed by atoms with Gasteiger partial charge in [0.25, 0.3) is 0 Å². The van der Waals surface area contributed by atoms with Crippen molar-refractivity contribution in [3.05, 3.63) is 17.7 Å². The third-order valence-electron chi connectivity index (χ3n) is 3.56. The highest BCUT2D eigenvalue weighted by Crippen LogP contribution is 2.43. The van der Waals surface area contributed by atoms with Crippen LogP contribution in [-0.4, -0.2) is 38.1 Å². The van der Waals surface area contributed by atoms with Crippen LogP contribution in [0.5, 0.6) is 17.2 Å². The van der Waals surface area contributed by atoms with E-state index in [0.29, 0.717) is 23.8 Å². The van der Waals surface area contributed by atoms with Crippen molar-refractivity contribution >= 4 is 0 Å². The summed E-state index contributed by atoms with van der Waals surface area (Å²) in [6, 6.07) is 3.55. The Labute approximate surface area is 113 Å². The molecular formula is C14H21NO4. The maximum Gasteiger partial charge on any atom is 0.131 e. The molecule has 0 amide bonds. The average molecular weight is 267 g/mol. The Morgan fingerprint density at radius 3 is 2.16 bits per heavy atom. The van der Waals surface area contributed by atoms with E-state index in [1.54, 1.807) is 21.3 Å². The molecule has 1 aliphatic heterocycles. The second kappa shape index (κ2) is 6.12. The lowest BCUT2D eigenvalue weighted by atomic mass is 9.95. The minimum absolute atomic E-state index is 0.0930. The molecule has 2 rings (SSSR count). The van der Waals surface area contributed by atoms with Crippen molar-refractivity contribution in [2.75, 3.05) is 27.9 Å². The summed E-state index contributed by atoms with van der Waals surface area (Å²) < 4.78 is 16.1. The van der Waals surface area contributed by atoms with Gasteiger partial charge in [0.2, 0.25) is 0 Å². The molecule has 0 saturated carbocycles. The van der Waals surface area contributed by atoms with Crippen molar-refractivity contribution in [1.82, 2.24) is 5.06 Å². The summed E-state index contributed by atoms with van der Waals surface area (Å²) in [5.41, 5.74) is 0.882. The number of nitrogens with zero attached hydrogens (tertiary/aromatic N) is 1. The van der Waals surface area contributed by atoms with Crippen LogP contribution in [0.4, 0.5) is 0 Å². The third-order valence-corrected chi connectivity index (χ3v) is 3.56. The first-order chi connectivity index (χ1) is 9.21. The zero-order valence-electron chi connectivity index (χ0n) is 11.7. The molecule has 1 saturated heterocycles. The van der Waals surface area contributed by atoms with Crippen molar-refractivity contribution < 1.29 is 19.4 Å². The lowest BCUT2D eigenvalue weighted by molar-refractivity contribution is -0.144. The van der Waals surface area contributed by atoms with Gasteiger partial charge >= 0.3 is 0 Å². The van der Waals surface area contributed by atoms with Crippen molar-refractivity contribution in [2.45, 2.75) is 25.3 Å². The molecule has 1 fully saturated rings. The van der Waals surface area contributed by atoms with Crippen molar-refractivity contribution in [3.8, 4) is 17.2 Å². The highest BCUT2D eigenvalue weighted by atomic mass is 16.5. The maximum atomic E-state index is 10.1. The Morgan fingerprint density at radius 2 is 1.68 bits per heavy atom. The fourth-order valence-electron chi connectivity index (χ4n) is 2.57. The van der Waals surface area contributed by atoms with Crippen molar-refractivity contribution in [3.63, 3.8) is 0 Å². The van der Waals surface area contributed by atoms with Gasteiger partial charge in [-0.1, -0.05) is 6.42 Å². The molecule has 0 radical (unpaired) electrons. The van der Waals surface area contributed by atoms with E-state index in [-0.39, 0.29) is 6.04 Å². The molecule has 19 heavy (non-hydrogen) atoms. The van der Waals surface area contributed by atoms with Crippen LogP contribution < -0.4 is 14.2 Å². The Bertz CT molecular complexity index is 410. The number of piperidine rings is 1. The molecule has 1 aromatic rings. The molecule has 1 atom stereocenters.